The number of piperidine rings is 1. The van der Waals surface area contributed by atoms with Gasteiger partial charge in [-0.1, -0.05) is 17.3 Å². The zero-order chi connectivity index (χ0) is 22.6. The van der Waals surface area contributed by atoms with Crippen LogP contribution in [0.3, 0.4) is 0 Å². The number of nitrogens with one attached hydrogen (secondary N) is 2. The van der Waals surface area contributed by atoms with Crippen LogP contribution in [0.1, 0.15) is 48.7 Å². The van der Waals surface area contributed by atoms with Crippen molar-refractivity contribution in [3.63, 3.8) is 0 Å². The molecule has 2 N–H and O–H groups in total. The van der Waals surface area contributed by atoms with Gasteiger partial charge < -0.3 is 20.1 Å². The van der Waals surface area contributed by atoms with Crippen LogP contribution in [0.25, 0.3) is 0 Å². The first-order valence-corrected chi connectivity index (χ1v) is 11.8. The number of likely N-dealkylation sites (tertiary alicyclic amines) is 1. The number of amides is 2. The van der Waals surface area contributed by atoms with Crippen LogP contribution in [-0.4, -0.2) is 64.3 Å². The van der Waals surface area contributed by atoms with E-state index in [9.17, 15) is 9.18 Å². The van der Waals surface area contributed by atoms with Gasteiger partial charge in [-0.05, 0) is 43.4 Å². The van der Waals surface area contributed by atoms with Gasteiger partial charge in [-0.25, -0.2) is 13.9 Å². The minimum absolute atomic E-state index is 0.107. The Morgan fingerprint density at radius 1 is 1.15 bits per heavy atom. The van der Waals surface area contributed by atoms with Gasteiger partial charge in [0.25, 0.3) is 0 Å². The molecule has 4 heterocycles. The van der Waals surface area contributed by atoms with Crippen molar-refractivity contribution in [1.82, 2.24) is 30.5 Å². The highest BCUT2D eigenvalue weighted by Gasteiger charge is 2.27. The Bertz CT molecular complexity index is 938. The Labute approximate surface area is 192 Å². The van der Waals surface area contributed by atoms with E-state index in [-0.39, 0.29) is 30.1 Å². The number of benzene rings is 1. The molecule has 0 saturated carbocycles. The van der Waals surface area contributed by atoms with E-state index in [0.717, 1.165) is 68.9 Å². The van der Waals surface area contributed by atoms with Crippen LogP contribution in [0, 0.1) is 5.82 Å². The van der Waals surface area contributed by atoms with Gasteiger partial charge in [-0.15, -0.1) is 5.10 Å². The lowest BCUT2D eigenvalue weighted by Gasteiger charge is -2.32. The van der Waals surface area contributed by atoms with Gasteiger partial charge in [-0.3, -0.25) is 4.90 Å². The van der Waals surface area contributed by atoms with E-state index in [1.807, 2.05) is 4.68 Å². The first-order chi connectivity index (χ1) is 16.1. The molecule has 2 aromatic rings. The van der Waals surface area contributed by atoms with Gasteiger partial charge in [0, 0.05) is 38.8 Å². The van der Waals surface area contributed by atoms with Gasteiger partial charge in [-0.2, -0.15) is 0 Å². The number of aromatic nitrogens is 3. The van der Waals surface area contributed by atoms with Gasteiger partial charge in [0.2, 0.25) is 0 Å². The summed E-state index contributed by atoms with van der Waals surface area (Å²) in [5.74, 6) is -0.253. The summed E-state index contributed by atoms with van der Waals surface area (Å²) in [6.07, 6.45) is 3.90. The van der Waals surface area contributed by atoms with Crippen molar-refractivity contribution in [3.05, 3.63) is 47.0 Å². The van der Waals surface area contributed by atoms with Crippen LogP contribution in [0.2, 0.25) is 0 Å². The summed E-state index contributed by atoms with van der Waals surface area (Å²) >= 11 is 0. The van der Waals surface area contributed by atoms with Gasteiger partial charge in [0.15, 0.2) is 0 Å². The lowest BCUT2D eigenvalue weighted by atomic mass is 10.0. The number of hydrogen-bond donors (Lipinski definition) is 2. The highest BCUT2D eigenvalue weighted by Crippen LogP contribution is 2.27. The van der Waals surface area contributed by atoms with Crippen molar-refractivity contribution in [2.45, 2.75) is 63.6 Å². The van der Waals surface area contributed by atoms with E-state index < -0.39 is 0 Å². The minimum Gasteiger partial charge on any atom is -0.376 e. The van der Waals surface area contributed by atoms with E-state index in [4.69, 9.17) is 9.47 Å². The quantitative estimate of drug-likeness (QED) is 0.689. The monoisotopic (exact) mass is 458 g/mol. The fraction of sp³-hybridized carbons (Fsp3) is 0.609. The van der Waals surface area contributed by atoms with Crippen LogP contribution in [-0.2, 0) is 29.2 Å². The molecule has 3 aliphatic rings. The number of halogens is 1. The summed E-state index contributed by atoms with van der Waals surface area (Å²) in [6, 6.07) is 6.48. The van der Waals surface area contributed by atoms with E-state index in [0.29, 0.717) is 19.7 Å². The highest BCUT2D eigenvalue weighted by atomic mass is 19.1. The van der Waals surface area contributed by atoms with Gasteiger partial charge in [0.1, 0.15) is 17.6 Å². The van der Waals surface area contributed by atoms with Crippen LogP contribution < -0.4 is 10.6 Å². The number of ether oxygens (including phenoxy) is 2. The molecule has 2 amide bonds. The average Bonchev–Trinajstić information content (AvgIpc) is 3.49. The Morgan fingerprint density at radius 2 is 1.97 bits per heavy atom. The fourth-order valence-electron chi connectivity index (χ4n) is 4.76. The van der Waals surface area contributed by atoms with E-state index in [2.05, 4.69) is 25.8 Å². The maximum atomic E-state index is 13.2. The predicted molar refractivity (Wildman–Crippen MR) is 118 cm³/mol. The topological polar surface area (TPSA) is 93.5 Å². The smallest absolute Gasteiger partial charge is 0.315 e. The molecule has 1 aromatic heterocycles. The van der Waals surface area contributed by atoms with Crippen molar-refractivity contribution >= 4 is 6.03 Å². The molecule has 33 heavy (non-hydrogen) atoms. The summed E-state index contributed by atoms with van der Waals surface area (Å²) in [5, 5.41) is 14.8. The summed E-state index contributed by atoms with van der Waals surface area (Å²) in [4.78, 5) is 14.5. The zero-order valence-electron chi connectivity index (χ0n) is 18.7. The summed E-state index contributed by atoms with van der Waals surface area (Å²) in [6.45, 7) is 4.88. The number of hydrogen-bond acceptors (Lipinski definition) is 6. The number of fused-ring (bicyclic) bond motifs is 1. The third kappa shape index (κ3) is 5.51. The molecule has 0 bridgehead atoms. The molecule has 178 valence electrons. The van der Waals surface area contributed by atoms with Crippen molar-refractivity contribution < 1.29 is 18.7 Å². The second-order valence-electron chi connectivity index (χ2n) is 9.06. The molecule has 2 saturated heterocycles. The van der Waals surface area contributed by atoms with Crippen molar-refractivity contribution in [2.24, 2.45) is 0 Å². The molecule has 0 radical (unpaired) electrons. The predicted octanol–water partition coefficient (Wildman–Crippen LogP) is 2.13. The lowest BCUT2D eigenvalue weighted by Crippen LogP contribution is -2.48. The normalized spacial score (nSPS) is 23.9. The van der Waals surface area contributed by atoms with Crippen LogP contribution in [0.15, 0.2) is 24.3 Å². The molecular weight excluding hydrogens is 427 g/mol. The molecule has 0 spiro atoms. The maximum Gasteiger partial charge on any atom is 0.315 e. The zero-order valence-corrected chi connectivity index (χ0v) is 18.7. The molecule has 2 atom stereocenters. The first kappa shape index (κ1) is 22.2. The number of carbonyl (C=O) groups excluding carboxylic acids is 1. The van der Waals surface area contributed by atoms with Gasteiger partial charge >= 0.3 is 6.03 Å². The summed E-state index contributed by atoms with van der Waals surface area (Å²) < 4.78 is 26.7. The second kappa shape index (κ2) is 10.1. The average molecular weight is 459 g/mol. The Hall–Kier alpha value is -2.56. The Morgan fingerprint density at radius 3 is 2.73 bits per heavy atom. The van der Waals surface area contributed by atoms with Crippen LogP contribution in [0.4, 0.5) is 9.18 Å². The van der Waals surface area contributed by atoms with Gasteiger partial charge in [0.05, 0.1) is 24.9 Å². The third-order valence-corrected chi connectivity index (χ3v) is 6.73. The van der Waals surface area contributed by atoms with Crippen molar-refractivity contribution in [1.29, 1.82) is 0 Å². The Kier molecular flexibility index (Phi) is 6.84. The number of rotatable bonds is 6. The molecule has 5 rings (SSSR count). The maximum absolute atomic E-state index is 13.2. The summed E-state index contributed by atoms with van der Waals surface area (Å²) in [7, 11) is 0. The van der Waals surface area contributed by atoms with Crippen LogP contribution in [0.5, 0.6) is 0 Å². The van der Waals surface area contributed by atoms with E-state index in [1.54, 1.807) is 12.1 Å². The standard InChI is InChI=1S/C23H31FN6O3/c24-17-5-3-16(4-6-17)22-14-30-21(15-33-22)20(27-28-30)13-29-9-7-18(8-10-29)26-23(31)25-12-19-2-1-11-32-19/h3-6,18-19,22H,1-2,7-15H2,(H2,25,26,31)/t19-,22-/m0/s1. The molecule has 3 aliphatic heterocycles. The molecule has 0 unspecified atom stereocenters. The first-order valence-electron chi connectivity index (χ1n) is 11.8. The SMILES string of the molecule is O=C(NC[C@@H]1CCCO1)NC1CCN(Cc2nnn3c2CO[C@H](c2ccc(F)cc2)C3)CC1. The number of carbonyl (C=O) groups is 1. The molecule has 9 nitrogen and oxygen atoms in total. The number of urea groups is 1. The molecule has 10 heteroatoms. The molecule has 0 aliphatic carbocycles. The number of nitrogens with zero attached hydrogens (tertiary/aromatic N) is 4. The second-order valence-corrected chi connectivity index (χ2v) is 9.06. The lowest BCUT2D eigenvalue weighted by molar-refractivity contribution is -0.00219. The molecular formula is C23H31FN6O3. The summed E-state index contributed by atoms with van der Waals surface area (Å²) in [5.41, 5.74) is 2.88. The Balaban J connectivity index is 1.07. The van der Waals surface area contributed by atoms with Crippen LogP contribution >= 0.6 is 0 Å². The highest BCUT2D eigenvalue weighted by molar-refractivity contribution is 5.74. The molecule has 1 aromatic carbocycles. The molecule has 2 fully saturated rings. The minimum atomic E-state index is -0.253. The van der Waals surface area contributed by atoms with Crippen molar-refractivity contribution in [2.75, 3.05) is 26.2 Å². The van der Waals surface area contributed by atoms with Crippen molar-refractivity contribution in [3.8, 4) is 0 Å². The van der Waals surface area contributed by atoms with E-state index in [1.165, 1.54) is 12.1 Å². The van der Waals surface area contributed by atoms with E-state index >= 15 is 0 Å². The third-order valence-electron chi connectivity index (χ3n) is 6.73. The largest absolute Gasteiger partial charge is 0.376 e. The fourth-order valence-corrected chi connectivity index (χ4v) is 4.76.